The molecule has 0 saturated heterocycles. The summed E-state index contributed by atoms with van der Waals surface area (Å²) in [5.41, 5.74) is -0.482. The van der Waals surface area contributed by atoms with Gasteiger partial charge in [-0.1, -0.05) is 26.0 Å². The first-order chi connectivity index (χ1) is 9.70. The molecule has 0 aliphatic carbocycles. The average molecular weight is 301 g/mol. The number of carbonyl (C=O) groups is 1. The molecule has 116 valence electrons. The second-order valence-electron chi connectivity index (χ2n) is 5.01. The minimum absolute atomic E-state index is 0.0118. The van der Waals surface area contributed by atoms with Gasteiger partial charge in [-0.2, -0.15) is 13.2 Å². The molecule has 1 aromatic carbocycles. The van der Waals surface area contributed by atoms with Crippen molar-refractivity contribution in [3.05, 3.63) is 41.5 Å². The normalized spacial score (nSPS) is 13.7. The van der Waals surface area contributed by atoms with Crippen LogP contribution in [0.25, 0.3) is 6.08 Å². The topological polar surface area (TPSA) is 49.3 Å². The monoisotopic (exact) mass is 301 g/mol. The van der Waals surface area contributed by atoms with Gasteiger partial charge < -0.3 is 10.4 Å². The SMILES string of the molecule is CC(C)C(O)CNC(=O)/C=C/c1cccc(C(F)(F)F)c1. The van der Waals surface area contributed by atoms with Crippen LogP contribution in [0.2, 0.25) is 0 Å². The van der Waals surface area contributed by atoms with E-state index in [1.807, 2.05) is 13.8 Å². The van der Waals surface area contributed by atoms with Gasteiger partial charge in [-0.05, 0) is 29.7 Å². The van der Waals surface area contributed by atoms with Crippen LogP contribution in [0.1, 0.15) is 25.0 Å². The Morgan fingerprint density at radius 1 is 1.38 bits per heavy atom. The van der Waals surface area contributed by atoms with Gasteiger partial charge in [0.15, 0.2) is 0 Å². The van der Waals surface area contributed by atoms with Crippen molar-refractivity contribution in [3.63, 3.8) is 0 Å². The van der Waals surface area contributed by atoms with Crippen molar-refractivity contribution in [1.82, 2.24) is 5.32 Å². The quantitative estimate of drug-likeness (QED) is 0.822. The van der Waals surface area contributed by atoms with Gasteiger partial charge in [-0.3, -0.25) is 4.79 Å². The van der Waals surface area contributed by atoms with Crippen LogP contribution in [0.3, 0.4) is 0 Å². The van der Waals surface area contributed by atoms with E-state index in [0.29, 0.717) is 0 Å². The average Bonchev–Trinajstić information content (AvgIpc) is 2.41. The van der Waals surface area contributed by atoms with Crippen LogP contribution >= 0.6 is 0 Å². The number of rotatable bonds is 5. The Morgan fingerprint density at radius 3 is 2.62 bits per heavy atom. The first-order valence-electron chi connectivity index (χ1n) is 6.51. The lowest BCUT2D eigenvalue weighted by atomic mass is 10.1. The third-order valence-electron chi connectivity index (χ3n) is 2.90. The van der Waals surface area contributed by atoms with Gasteiger partial charge in [-0.25, -0.2) is 0 Å². The molecular formula is C15H18F3NO2. The highest BCUT2D eigenvalue weighted by Gasteiger charge is 2.30. The third kappa shape index (κ3) is 5.99. The van der Waals surface area contributed by atoms with Crippen molar-refractivity contribution in [2.24, 2.45) is 5.92 Å². The lowest BCUT2D eigenvalue weighted by molar-refractivity contribution is -0.137. The lowest BCUT2D eigenvalue weighted by Gasteiger charge is -2.14. The maximum Gasteiger partial charge on any atom is 0.416 e. The first-order valence-corrected chi connectivity index (χ1v) is 6.51. The van der Waals surface area contributed by atoms with Crippen LogP contribution in [0, 0.1) is 5.92 Å². The predicted molar refractivity (Wildman–Crippen MR) is 74.3 cm³/mol. The molecule has 0 fully saturated rings. The molecule has 1 aromatic rings. The number of nitrogens with one attached hydrogen (secondary N) is 1. The van der Waals surface area contributed by atoms with E-state index >= 15 is 0 Å². The molecule has 1 rings (SSSR count). The maximum atomic E-state index is 12.5. The summed E-state index contributed by atoms with van der Waals surface area (Å²) in [6.07, 6.45) is -2.63. The molecule has 1 unspecified atom stereocenters. The summed E-state index contributed by atoms with van der Waals surface area (Å²) in [5.74, 6) is -0.454. The third-order valence-corrected chi connectivity index (χ3v) is 2.90. The Bertz CT molecular complexity index is 510. The number of benzene rings is 1. The fourth-order valence-electron chi connectivity index (χ4n) is 1.49. The number of hydrogen-bond acceptors (Lipinski definition) is 2. The number of halogens is 3. The van der Waals surface area contributed by atoms with Gasteiger partial charge in [0.2, 0.25) is 5.91 Å². The van der Waals surface area contributed by atoms with Crippen molar-refractivity contribution in [1.29, 1.82) is 0 Å². The molecule has 0 spiro atoms. The second kappa shape index (κ2) is 7.26. The molecule has 0 aliphatic rings. The molecule has 21 heavy (non-hydrogen) atoms. The summed E-state index contributed by atoms with van der Waals surface area (Å²) in [6.45, 7) is 3.73. The van der Waals surface area contributed by atoms with E-state index in [-0.39, 0.29) is 18.0 Å². The van der Waals surface area contributed by atoms with Crippen LogP contribution in [0.5, 0.6) is 0 Å². The Morgan fingerprint density at radius 2 is 2.05 bits per heavy atom. The van der Waals surface area contributed by atoms with Crippen LogP contribution in [-0.4, -0.2) is 23.7 Å². The molecule has 0 aliphatic heterocycles. The zero-order valence-electron chi connectivity index (χ0n) is 11.8. The molecule has 6 heteroatoms. The number of carbonyl (C=O) groups excluding carboxylic acids is 1. The lowest BCUT2D eigenvalue weighted by Crippen LogP contribution is -2.33. The first kappa shape index (κ1) is 17.2. The predicted octanol–water partition coefficient (Wildman–Crippen LogP) is 2.85. The van der Waals surface area contributed by atoms with Gasteiger partial charge in [0.25, 0.3) is 0 Å². The van der Waals surface area contributed by atoms with Crippen LogP contribution in [-0.2, 0) is 11.0 Å². The van der Waals surface area contributed by atoms with E-state index in [0.717, 1.165) is 18.2 Å². The van der Waals surface area contributed by atoms with Crippen molar-refractivity contribution in [2.75, 3.05) is 6.54 Å². The van der Waals surface area contributed by atoms with E-state index < -0.39 is 23.8 Å². The zero-order chi connectivity index (χ0) is 16.0. The molecule has 1 atom stereocenters. The van der Waals surface area contributed by atoms with E-state index in [9.17, 15) is 23.1 Å². The van der Waals surface area contributed by atoms with Crippen molar-refractivity contribution in [2.45, 2.75) is 26.1 Å². The fourth-order valence-corrected chi connectivity index (χ4v) is 1.49. The molecule has 2 N–H and O–H groups in total. The summed E-state index contributed by atoms with van der Waals surface area (Å²) in [7, 11) is 0. The van der Waals surface area contributed by atoms with Gasteiger partial charge in [0, 0.05) is 12.6 Å². The molecule has 0 saturated carbocycles. The van der Waals surface area contributed by atoms with Gasteiger partial charge in [0.1, 0.15) is 0 Å². The van der Waals surface area contributed by atoms with Crippen molar-refractivity contribution >= 4 is 12.0 Å². The summed E-state index contributed by atoms with van der Waals surface area (Å²) in [4.78, 5) is 11.5. The second-order valence-corrected chi connectivity index (χ2v) is 5.01. The van der Waals surface area contributed by atoms with Gasteiger partial charge in [-0.15, -0.1) is 0 Å². The smallest absolute Gasteiger partial charge is 0.391 e. The van der Waals surface area contributed by atoms with Gasteiger partial charge >= 0.3 is 6.18 Å². The highest BCUT2D eigenvalue weighted by Crippen LogP contribution is 2.29. The minimum Gasteiger partial charge on any atom is -0.391 e. The van der Waals surface area contributed by atoms with Crippen LogP contribution in [0.15, 0.2) is 30.3 Å². The molecular weight excluding hydrogens is 283 g/mol. The Labute approximate surface area is 121 Å². The summed E-state index contributed by atoms with van der Waals surface area (Å²) >= 11 is 0. The van der Waals surface area contributed by atoms with E-state index in [1.54, 1.807) is 0 Å². The van der Waals surface area contributed by atoms with Crippen molar-refractivity contribution < 1.29 is 23.1 Å². The fraction of sp³-hybridized carbons (Fsp3) is 0.400. The summed E-state index contributed by atoms with van der Waals surface area (Å²) in [6, 6.07) is 4.69. The van der Waals surface area contributed by atoms with Crippen LogP contribution in [0.4, 0.5) is 13.2 Å². The van der Waals surface area contributed by atoms with Gasteiger partial charge in [0.05, 0.1) is 11.7 Å². The molecule has 0 radical (unpaired) electrons. The molecule has 0 heterocycles. The minimum atomic E-state index is -4.41. The Balaban J connectivity index is 2.62. The number of hydrogen-bond donors (Lipinski definition) is 2. The standard InChI is InChI=1S/C15H18F3NO2/c1-10(2)13(20)9-19-14(21)7-6-11-4-3-5-12(8-11)15(16,17)18/h3-8,10,13,20H,9H2,1-2H3,(H,19,21)/b7-6+. The number of aliphatic hydroxyl groups excluding tert-OH is 1. The van der Waals surface area contributed by atoms with E-state index in [1.165, 1.54) is 18.2 Å². The maximum absolute atomic E-state index is 12.5. The zero-order valence-corrected chi connectivity index (χ0v) is 11.8. The number of amides is 1. The molecule has 1 amide bonds. The summed E-state index contributed by atoms with van der Waals surface area (Å²) < 4.78 is 37.6. The van der Waals surface area contributed by atoms with Crippen LogP contribution < -0.4 is 5.32 Å². The highest BCUT2D eigenvalue weighted by molar-refractivity contribution is 5.91. The summed E-state index contributed by atoms with van der Waals surface area (Å²) in [5, 5.41) is 12.0. The Hall–Kier alpha value is -1.82. The molecule has 3 nitrogen and oxygen atoms in total. The highest BCUT2D eigenvalue weighted by atomic mass is 19.4. The van der Waals surface area contributed by atoms with E-state index in [2.05, 4.69) is 5.32 Å². The Kier molecular flexibility index (Phi) is 5.96. The molecule has 0 aromatic heterocycles. The van der Waals surface area contributed by atoms with E-state index in [4.69, 9.17) is 0 Å². The number of aliphatic hydroxyl groups is 1. The van der Waals surface area contributed by atoms with Crippen molar-refractivity contribution in [3.8, 4) is 0 Å². The molecule has 0 bridgehead atoms. The largest absolute Gasteiger partial charge is 0.416 e. The number of alkyl halides is 3.